The van der Waals surface area contributed by atoms with Crippen molar-refractivity contribution in [2.24, 2.45) is 11.3 Å². The minimum absolute atomic E-state index is 0.140. The van der Waals surface area contributed by atoms with E-state index in [1.54, 1.807) is 18.2 Å². The zero-order chi connectivity index (χ0) is 32.3. The van der Waals surface area contributed by atoms with Crippen LogP contribution in [-0.2, 0) is 22.4 Å². The monoisotopic (exact) mass is 680 g/mol. The van der Waals surface area contributed by atoms with E-state index >= 15 is 0 Å². The van der Waals surface area contributed by atoms with Crippen LogP contribution in [0, 0.1) is 11.3 Å². The number of halogens is 2. The van der Waals surface area contributed by atoms with Gasteiger partial charge in [-0.1, -0.05) is 80.4 Å². The zero-order valence-corrected chi connectivity index (χ0v) is 28.6. The standard InChI is InChI=1S/C35H34Cl2N2O4S2/c1-35(2,3)21-13-15-26-28(17-21)45-33(29(26)34(42)43-4)39-32(41)30(20-9-6-5-7-10-20)44-24-12-8-11-23(19-24)38-31(40)25-16-14-22(36)18-27(25)37/h5-12,14,16,18-19,21,30H,13,15,17H2,1-4H3,(H,38,40)(H,39,41). The van der Waals surface area contributed by atoms with Crippen molar-refractivity contribution in [3.63, 3.8) is 0 Å². The molecule has 0 saturated carbocycles. The molecular weight excluding hydrogens is 647 g/mol. The number of nitrogens with one attached hydrogen (secondary N) is 2. The van der Waals surface area contributed by atoms with E-state index in [0.29, 0.717) is 32.8 Å². The van der Waals surface area contributed by atoms with Crippen molar-refractivity contribution >= 4 is 74.8 Å². The Kier molecular flexibility index (Phi) is 10.3. The predicted molar refractivity (Wildman–Crippen MR) is 185 cm³/mol. The lowest BCUT2D eigenvalue weighted by molar-refractivity contribution is -0.115. The van der Waals surface area contributed by atoms with E-state index in [0.717, 1.165) is 40.2 Å². The van der Waals surface area contributed by atoms with Gasteiger partial charge in [0.2, 0.25) is 5.91 Å². The molecule has 2 amide bonds. The molecule has 1 aliphatic rings. The van der Waals surface area contributed by atoms with Gasteiger partial charge in [0.15, 0.2) is 0 Å². The Morgan fingerprint density at radius 1 is 0.978 bits per heavy atom. The Labute approximate surface area is 281 Å². The van der Waals surface area contributed by atoms with E-state index in [2.05, 4.69) is 31.4 Å². The summed E-state index contributed by atoms with van der Waals surface area (Å²) in [5.41, 5.74) is 3.23. The Balaban J connectivity index is 1.41. The van der Waals surface area contributed by atoms with Crippen LogP contribution in [0.5, 0.6) is 0 Å². The number of hydrogen-bond donors (Lipinski definition) is 2. The van der Waals surface area contributed by atoms with Crippen molar-refractivity contribution in [3.05, 3.63) is 110 Å². The number of fused-ring (bicyclic) bond motifs is 1. The fourth-order valence-corrected chi connectivity index (χ4v) is 8.36. The van der Waals surface area contributed by atoms with Gasteiger partial charge in [-0.25, -0.2) is 4.79 Å². The highest BCUT2D eigenvalue weighted by Crippen LogP contribution is 2.45. The number of esters is 1. The van der Waals surface area contributed by atoms with Gasteiger partial charge in [-0.05, 0) is 78.1 Å². The lowest BCUT2D eigenvalue weighted by Gasteiger charge is -2.33. The van der Waals surface area contributed by atoms with E-state index in [1.807, 2.05) is 48.5 Å². The molecule has 1 heterocycles. The molecule has 2 unspecified atom stereocenters. The second-order valence-corrected chi connectivity index (χ2v) is 15.1. The number of amides is 2. The third kappa shape index (κ3) is 7.75. The number of methoxy groups -OCH3 is 1. The quantitative estimate of drug-likeness (QED) is 0.143. The van der Waals surface area contributed by atoms with Crippen molar-refractivity contribution in [2.45, 2.75) is 50.2 Å². The summed E-state index contributed by atoms with van der Waals surface area (Å²) in [4.78, 5) is 41.9. The van der Waals surface area contributed by atoms with Gasteiger partial charge in [0.25, 0.3) is 5.91 Å². The first kappa shape index (κ1) is 33.1. The van der Waals surface area contributed by atoms with Crippen molar-refractivity contribution in [1.82, 2.24) is 0 Å². The van der Waals surface area contributed by atoms with Gasteiger partial charge in [0, 0.05) is 20.5 Å². The first-order valence-electron chi connectivity index (χ1n) is 14.6. The maximum atomic E-state index is 14.1. The SMILES string of the molecule is COC(=O)c1c(NC(=O)C(Sc2cccc(NC(=O)c3ccc(Cl)cc3Cl)c2)c2ccccc2)sc2c1CCC(C(C)(C)C)C2. The minimum Gasteiger partial charge on any atom is -0.465 e. The molecule has 3 aromatic carbocycles. The normalized spacial score (nSPS) is 15.1. The molecule has 5 rings (SSSR count). The number of hydrogen-bond acceptors (Lipinski definition) is 6. The molecule has 2 N–H and O–H groups in total. The largest absolute Gasteiger partial charge is 0.465 e. The molecule has 0 bridgehead atoms. The molecular formula is C35H34Cl2N2O4S2. The summed E-state index contributed by atoms with van der Waals surface area (Å²) in [6.07, 6.45) is 2.61. The summed E-state index contributed by atoms with van der Waals surface area (Å²) in [5, 5.41) is 6.55. The average molecular weight is 682 g/mol. The summed E-state index contributed by atoms with van der Waals surface area (Å²) >= 11 is 15.0. The highest BCUT2D eigenvalue weighted by molar-refractivity contribution is 8.00. The highest BCUT2D eigenvalue weighted by atomic mass is 35.5. The Bertz CT molecular complexity index is 1730. The van der Waals surface area contributed by atoms with Crippen LogP contribution in [0.25, 0.3) is 0 Å². The fraction of sp³-hybridized carbons (Fsp3) is 0.286. The zero-order valence-electron chi connectivity index (χ0n) is 25.4. The highest BCUT2D eigenvalue weighted by Gasteiger charge is 2.35. The van der Waals surface area contributed by atoms with Crippen LogP contribution in [-0.4, -0.2) is 24.9 Å². The molecule has 2 atom stereocenters. The Morgan fingerprint density at radius 2 is 1.73 bits per heavy atom. The van der Waals surface area contributed by atoms with Gasteiger partial charge in [0.05, 0.1) is 23.3 Å². The van der Waals surface area contributed by atoms with Crippen molar-refractivity contribution in [2.75, 3.05) is 17.7 Å². The minimum atomic E-state index is -0.644. The van der Waals surface area contributed by atoms with Crippen molar-refractivity contribution in [3.8, 4) is 0 Å². The Hall–Kier alpha value is -3.30. The van der Waals surface area contributed by atoms with Gasteiger partial charge in [-0.3, -0.25) is 9.59 Å². The molecule has 1 aromatic heterocycles. The molecule has 0 aliphatic heterocycles. The smallest absolute Gasteiger partial charge is 0.341 e. The van der Waals surface area contributed by atoms with Crippen LogP contribution >= 0.6 is 46.3 Å². The topological polar surface area (TPSA) is 84.5 Å². The average Bonchev–Trinajstić information content (AvgIpc) is 3.36. The van der Waals surface area contributed by atoms with Crippen LogP contribution in [0.2, 0.25) is 10.0 Å². The lowest BCUT2D eigenvalue weighted by Crippen LogP contribution is -2.26. The molecule has 10 heteroatoms. The first-order chi connectivity index (χ1) is 21.4. The number of anilines is 2. The van der Waals surface area contributed by atoms with Crippen molar-refractivity contribution in [1.29, 1.82) is 0 Å². The number of thioether (sulfide) groups is 1. The van der Waals surface area contributed by atoms with Crippen LogP contribution in [0.15, 0.2) is 77.7 Å². The number of carbonyl (C=O) groups is 3. The molecule has 0 spiro atoms. The number of thiophene rings is 1. The number of rotatable bonds is 8. The predicted octanol–water partition coefficient (Wildman–Crippen LogP) is 9.72. The van der Waals surface area contributed by atoms with Gasteiger partial charge in [-0.15, -0.1) is 23.1 Å². The third-order valence-corrected chi connectivity index (χ3v) is 10.9. The van der Waals surface area contributed by atoms with E-state index in [-0.39, 0.29) is 22.3 Å². The van der Waals surface area contributed by atoms with Gasteiger partial charge < -0.3 is 15.4 Å². The van der Waals surface area contributed by atoms with E-state index in [4.69, 9.17) is 27.9 Å². The molecule has 0 fully saturated rings. The van der Waals surface area contributed by atoms with Gasteiger partial charge >= 0.3 is 5.97 Å². The summed E-state index contributed by atoms with van der Waals surface area (Å²) in [7, 11) is 1.37. The van der Waals surface area contributed by atoms with E-state index in [1.165, 1.54) is 36.3 Å². The molecule has 234 valence electrons. The molecule has 0 radical (unpaired) electrons. The first-order valence-corrected chi connectivity index (χ1v) is 17.0. The Morgan fingerprint density at radius 3 is 2.42 bits per heavy atom. The summed E-state index contributed by atoms with van der Waals surface area (Å²) in [6, 6.07) is 21.5. The summed E-state index contributed by atoms with van der Waals surface area (Å²) in [5.74, 6) is -0.592. The van der Waals surface area contributed by atoms with Crippen molar-refractivity contribution < 1.29 is 19.1 Å². The third-order valence-electron chi connectivity index (χ3n) is 7.98. The van der Waals surface area contributed by atoms with Crippen LogP contribution in [0.4, 0.5) is 10.7 Å². The number of ether oxygens (including phenoxy) is 1. The second kappa shape index (κ2) is 14.0. The molecule has 45 heavy (non-hydrogen) atoms. The maximum Gasteiger partial charge on any atom is 0.341 e. The number of benzene rings is 3. The molecule has 0 saturated heterocycles. The van der Waals surface area contributed by atoms with E-state index < -0.39 is 11.2 Å². The molecule has 6 nitrogen and oxygen atoms in total. The van der Waals surface area contributed by atoms with Crippen LogP contribution in [0.1, 0.15) is 69.2 Å². The maximum absolute atomic E-state index is 14.1. The van der Waals surface area contributed by atoms with Crippen LogP contribution in [0.3, 0.4) is 0 Å². The summed E-state index contributed by atoms with van der Waals surface area (Å²) in [6.45, 7) is 6.74. The van der Waals surface area contributed by atoms with Crippen LogP contribution < -0.4 is 10.6 Å². The molecule has 4 aromatic rings. The van der Waals surface area contributed by atoms with Gasteiger partial charge in [-0.2, -0.15) is 0 Å². The molecule has 1 aliphatic carbocycles. The van der Waals surface area contributed by atoms with E-state index in [9.17, 15) is 14.4 Å². The second-order valence-electron chi connectivity index (χ2n) is 12.0. The fourth-order valence-electron chi connectivity index (χ4n) is 5.46. The summed E-state index contributed by atoms with van der Waals surface area (Å²) < 4.78 is 5.17. The number of carbonyl (C=O) groups excluding carboxylic acids is 3. The van der Waals surface area contributed by atoms with Gasteiger partial charge in [0.1, 0.15) is 10.3 Å². The lowest BCUT2D eigenvalue weighted by atomic mass is 9.72.